The summed E-state index contributed by atoms with van der Waals surface area (Å²) in [6.45, 7) is 1.69. The number of ether oxygens (including phenoxy) is 1. The Morgan fingerprint density at radius 2 is 2.17 bits per heavy atom. The molecule has 1 aromatic carbocycles. The fraction of sp³-hybridized carbons (Fsp3) is 0.286. The highest BCUT2D eigenvalue weighted by molar-refractivity contribution is 8.00. The van der Waals surface area contributed by atoms with Crippen LogP contribution in [0.5, 0.6) is 5.75 Å². The van der Waals surface area contributed by atoms with E-state index in [9.17, 15) is 9.59 Å². The first-order chi connectivity index (χ1) is 11.0. The Bertz CT molecular complexity index is 703. The number of nitrogens with one attached hydrogen (secondary N) is 2. The van der Waals surface area contributed by atoms with Crippen LogP contribution in [0.1, 0.15) is 6.92 Å². The minimum atomic E-state index is -0.545. The maximum Gasteiger partial charge on any atom is 0.321 e. The predicted octanol–water partition coefficient (Wildman–Crippen LogP) is 1.21. The largest absolute Gasteiger partial charge is 0.497 e. The molecule has 2 aromatic rings. The Kier molecular flexibility index (Phi) is 5.58. The van der Waals surface area contributed by atoms with E-state index in [4.69, 9.17) is 4.74 Å². The van der Waals surface area contributed by atoms with Crippen LogP contribution in [0.25, 0.3) is 5.69 Å². The molecule has 2 rings (SSSR count). The third-order valence-corrected chi connectivity index (χ3v) is 4.02. The summed E-state index contributed by atoms with van der Waals surface area (Å²) in [7, 11) is 3.03. The van der Waals surface area contributed by atoms with Crippen LogP contribution in [0.4, 0.5) is 4.79 Å². The number of carbonyl (C=O) groups excluding carboxylic acids is 2. The van der Waals surface area contributed by atoms with Gasteiger partial charge in [0, 0.05) is 13.1 Å². The van der Waals surface area contributed by atoms with E-state index < -0.39 is 17.2 Å². The summed E-state index contributed by atoms with van der Waals surface area (Å²) >= 11 is 1.20. The van der Waals surface area contributed by atoms with Crippen molar-refractivity contribution < 1.29 is 14.3 Å². The van der Waals surface area contributed by atoms with E-state index in [0.29, 0.717) is 10.9 Å². The molecule has 1 aromatic heterocycles. The number of methoxy groups -OCH3 is 1. The van der Waals surface area contributed by atoms with Crippen molar-refractivity contribution in [2.45, 2.75) is 17.3 Å². The normalized spacial score (nSPS) is 11.6. The molecule has 23 heavy (non-hydrogen) atoms. The second-order valence-corrected chi connectivity index (χ2v) is 5.82. The van der Waals surface area contributed by atoms with E-state index >= 15 is 0 Å². The third kappa shape index (κ3) is 4.22. The van der Waals surface area contributed by atoms with Crippen molar-refractivity contribution in [2.24, 2.45) is 0 Å². The Labute approximate surface area is 137 Å². The van der Waals surface area contributed by atoms with Gasteiger partial charge in [0.1, 0.15) is 12.1 Å². The monoisotopic (exact) mass is 335 g/mol. The number of carbonyl (C=O) groups is 2. The van der Waals surface area contributed by atoms with Crippen LogP contribution >= 0.6 is 11.8 Å². The number of benzene rings is 1. The lowest BCUT2D eigenvalue weighted by molar-refractivity contribution is -0.119. The Balaban J connectivity index is 2.14. The van der Waals surface area contributed by atoms with Crippen molar-refractivity contribution in [3.05, 3.63) is 30.6 Å². The van der Waals surface area contributed by atoms with Gasteiger partial charge in [0.2, 0.25) is 5.91 Å². The van der Waals surface area contributed by atoms with Gasteiger partial charge in [-0.3, -0.25) is 14.7 Å². The molecule has 1 heterocycles. The standard InChI is InChI=1S/C14H17N5O3S/c1-9(12(20)17-13(21)15-2)23-14-18-16-8-19(14)10-5-4-6-11(7-10)22-3/h4-9H,1-3H3,(H2,15,17,20,21). The molecule has 0 aliphatic carbocycles. The lowest BCUT2D eigenvalue weighted by Crippen LogP contribution is -2.41. The number of hydrogen-bond donors (Lipinski definition) is 2. The van der Waals surface area contributed by atoms with Crippen LogP contribution in [-0.4, -0.2) is 46.1 Å². The Morgan fingerprint density at radius 3 is 2.87 bits per heavy atom. The van der Waals surface area contributed by atoms with Gasteiger partial charge in [-0.2, -0.15) is 0 Å². The Morgan fingerprint density at radius 1 is 1.39 bits per heavy atom. The number of amides is 3. The highest BCUT2D eigenvalue weighted by Crippen LogP contribution is 2.25. The number of hydrogen-bond acceptors (Lipinski definition) is 6. The molecule has 0 spiro atoms. The van der Waals surface area contributed by atoms with Gasteiger partial charge >= 0.3 is 6.03 Å². The molecule has 8 nitrogen and oxygen atoms in total. The van der Waals surface area contributed by atoms with E-state index in [2.05, 4.69) is 20.8 Å². The summed E-state index contributed by atoms with van der Waals surface area (Å²) < 4.78 is 6.95. The van der Waals surface area contributed by atoms with E-state index in [0.717, 1.165) is 5.69 Å². The molecule has 0 aliphatic heterocycles. The maximum atomic E-state index is 11.9. The van der Waals surface area contributed by atoms with Crippen LogP contribution in [0.3, 0.4) is 0 Å². The zero-order valence-electron chi connectivity index (χ0n) is 12.9. The summed E-state index contributed by atoms with van der Waals surface area (Å²) in [5, 5.41) is 12.5. The molecule has 0 saturated heterocycles. The molecule has 2 N–H and O–H groups in total. The Hall–Kier alpha value is -2.55. The molecule has 122 valence electrons. The number of thioether (sulfide) groups is 1. The average Bonchev–Trinajstić information content (AvgIpc) is 3.02. The van der Waals surface area contributed by atoms with Crippen LogP contribution in [0, 0.1) is 0 Å². The second-order valence-electron chi connectivity index (χ2n) is 4.51. The van der Waals surface area contributed by atoms with Gasteiger partial charge < -0.3 is 10.1 Å². The first kappa shape index (κ1) is 16.8. The lowest BCUT2D eigenvalue weighted by atomic mass is 10.3. The van der Waals surface area contributed by atoms with E-state index in [1.165, 1.54) is 18.8 Å². The molecule has 1 atom stereocenters. The van der Waals surface area contributed by atoms with Crippen LogP contribution < -0.4 is 15.4 Å². The van der Waals surface area contributed by atoms with Gasteiger partial charge in [-0.25, -0.2) is 4.79 Å². The molecule has 0 bridgehead atoms. The molecule has 3 amide bonds. The van der Waals surface area contributed by atoms with Crippen molar-refractivity contribution in [1.29, 1.82) is 0 Å². The van der Waals surface area contributed by atoms with Crippen molar-refractivity contribution in [3.63, 3.8) is 0 Å². The quantitative estimate of drug-likeness (QED) is 0.797. The third-order valence-electron chi connectivity index (χ3n) is 2.96. The lowest BCUT2D eigenvalue weighted by Gasteiger charge is -2.12. The maximum absolute atomic E-state index is 11.9. The first-order valence-corrected chi connectivity index (χ1v) is 7.66. The van der Waals surface area contributed by atoms with Crippen molar-refractivity contribution in [3.8, 4) is 11.4 Å². The zero-order valence-corrected chi connectivity index (χ0v) is 13.8. The minimum absolute atomic E-state index is 0.408. The number of nitrogens with zero attached hydrogens (tertiary/aromatic N) is 3. The predicted molar refractivity (Wildman–Crippen MR) is 85.8 cm³/mol. The van der Waals surface area contributed by atoms with E-state index in [-0.39, 0.29) is 0 Å². The molecule has 0 aliphatic rings. The molecule has 0 saturated carbocycles. The summed E-state index contributed by atoms with van der Waals surface area (Å²) in [5.74, 6) is 0.298. The van der Waals surface area contributed by atoms with Gasteiger partial charge in [-0.1, -0.05) is 17.8 Å². The van der Waals surface area contributed by atoms with E-state index in [1.807, 2.05) is 24.3 Å². The van der Waals surface area contributed by atoms with Crippen molar-refractivity contribution in [1.82, 2.24) is 25.4 Å². The van der Waals surface area contributed by atoms with Crippen LogP contribution in [0.15, 0.2) is 35.7 Å². The van der Waals surface area contributed by atoms with Gasteiger partial charge in [0.05, 0.1) is 18.0 Å². The molecular formula is C14H17N5O3S. The first-order valence-electron chi connectivity index (χ1n) is 6.79. The van der Waals surface area contributed by atoms with E-state index in [1.54, 1.807) is 24.9 Å². The molecule has 0 radical (unpaired) electrons. The number of aromatic nitrogens is 3. The van der Waals surface area contributed by atoms with Crippen LogP contribution in [0.2, 0.25) is 0 Å². The molecule has 0 fully saturated rings. The zero-order chi connectivity index (χ0) is 16.8. The summed E-state index contributed by atoms with van der Waals surface area (Å²) in [6, 6.07) is 6.86. The molecule has 1 unspecified atom stereocenters. The molecular weight excluding hydrogens is 318 g/mol. The average molecular weight is 335 g/mol. The minimum Gasteiger partial charge on any atom is -0.497 e. The smallest absolute Gasteiger partial charge is 0.321 e. The second kappa shape index (κ2) is 7.63. The molecule has 9 heteroatoms. The van der Waals surface area contributed by atoms with Crippen molar-refractivity contribution in [2.75, 3.05) is 14.2 Å². The summed E-state index contributed by atoms with van der Waals surface area (Å²) in [6.07, 6.45) is 1.56. The van der Waals surface area contributed by atoms with Gasteiger partial charge in [0.25, 0.3) is 0 Å². The van der Waals surface area contributed by atoms with Crippen molar-refractivity contribution >= 4 is 23.7 Å². The van der Waals surface area contributed by atoms with Gasteiger partial charge in [0.15, 0.2) is 5.16 Å². The summed E-state index contributed by atoms with van der Waals surface area (Å²) in [4.78, 5) is 23.1. The fourth-order valence-electron chi connectivity index (χ4n) is 1.73. The van der Waals surface area contributed by atoms with Gasteiger partial charge in [-0.15, -0.1) is 10.2 Å². The highest BCUT2D eigenvalue weighted by Gasteiger charge is 2.20. The SMILES string of the molecule is CNC(=O)NC(=O)C(C)Sc1nncn1-c1cccc(OC)c1. The summed E-state index contributed by atoms with van der Waals surface area (Å²) in [5.41, 5.74) is 0.816. The van der Waals surface area contributed by atoms with Gasteiger partial charge in [-0.05, 0) is 19.1 Å². The number of imide groups is 1. The number of rotatable bonds is 5. The highest BCUT2D eigenvalue weighted by atomic mass is 32.2. The van der Waals surface area contributed by atoms with Crippen LogP contribution in [-0.2, 0) is 4.79 Å². The topological polar surface area (TPSA) is 98.1 Å². The fourth-order valence-corrected chi connectivity index (χ4v) is 2.57. The number of urea groups is 1.